The summed E-state index contributed by atoms with van der Waals surface area (Å²) in [5, 5.41) is 8.49. The maximum atomic E-state index is 13.0. The molecule has 1 atom stereocenters. The second-order valence-electron chi connectivity index (χ2n) is 8.05. The second-order valence-corrected chi connectivity index (χ2v) is 14.2. The van der Waals surface area contributed by atoms with Crippen molar-refractivity contribution in [3.63, 3.8) is 0 Å². The van der Waals surface area contributed by atoms with Gasteiger partial charge in [0.1, 0.15) is 5.65 Å². The first kappa shape index (κ1) is 19.6. The Balaban J connectivity index is 1.99. The molecule has 0 radical (unpaired) electrons. The van der Waals surface area contributed by atoms with E-state index >= 15 is 0 Å². The smallest absolute Gasteiger partial charge is 0.336 e. The largest absolute Gasteiger partial charge is 0.411 e. The predicted molar refractivity (Wildman–Crippen MR) is 105 cm³/mol. The van der Waals surface area contributed by atoms with E-state index in [1.165, 1.54) is 4.40 Å². The molecule has 26 heavy (non-hydrogen) atoms. The van der Waals surface area contributed by atoms with E-state index in [4.69, 9.17) is 9.16 Å². The average Bonchev–Trinajstić information content (AvgIpc) is 3.20. The summed E-state index contributed by atoms with van der Waals surface area (Å²) < 4.78 is 15.5. The molecule has 1 saturated heterocycles. The maximum absolute atomic E-state index is 13.0. The molecule has 3 heterocycles. The molecule has 0 aromatic carbocycles. The number of imidazole rings is 1. The van der Waals surface area contributed by atoms with Crippen molar-refractivity contribution in [2.24, 2.45) is 0 Å². The van der Waals surface area contributed by atoms with Crippen molar-refractivity contribution in [3.8, 4) is 0 Å². The lowest BCUT2D eigenvalue weighted by Gasteiger charge is -2.39. The van der Waals surface area contributed by atoms with E-state index in [-0.39, 0.29) is 17.3 Å². The fraction of sp³-hybridized carbons (Fsp3) is 0.647. The van der Waals surface area contributed by atoms with Crippen LogP contribution in [0.25, 0.3) is 5.65 Å². The molecule has 3 rings (SSSR count). The zero-order chi connectivity index (χ0) is 19.2. The first-order chi connectivity index (χ1) is 12.1. The third-order valence-electron chi connectivity index (χ3n) is 5.26. The number of rotatable bonds is 5. The first-order valence-corrected chi connectivity index (χ1v) is 12.6. The molecule has 1 fully saturated rings. The number of hydrogen-bond acceptors (Lipinski definition) is 6. The monoisotopic (exact) mass is 397 g/mol. The Morgan fingerprint density at radius 3 is 2.77 bits per heavy atom. The van der Waals surface area contributed by atoms with E-state index in [0.717, 1.165) is 5.75 Å². The normalized spacial score (nSPS) is 21.6. The molecular weight excluding hydrogens is 370 g/mol. The summed E-state index contributed by atoms with van der Waals surface area (Å²) >= 11 is 1.58. The van der Waals surface area contributed by atoms with Gasteiger partial charge in [-0.15, -0.1) is 0 Å². The van der Waals surface area contributed by atoms with Gasteiger partial charge in [-0.2, -0.15) is 0 Å². The van der Waals surface area contributed by atoms with Gasteiger partial charge >= 0.3 is 5.69 Å². The fourth-order valence-corrected chi connectivity index (χ4v) is 4.76. The van der Waals surface area contributed by atoms with Gasteiger partial charge in [0, 0.05) is 18.1 Å². The second kappa shape index (κ2) is 6.79. The molecule has 1 N–H and O–H groups in total. The number of fused-ring (bicyclic) bond motifs is 1. The third-order valence-corrected chi connectivity index (χ3v) is 11.0. The minimum Gasteiger partial charge on any atom is -0.411 e. The van der Waals surface area contributed by atoms with Crippen LogP contribution in [0.1, 0.15) is 26.5 Å². The molecule has 0 bridgehead atoms. The molecule has 1 aliphatic heterocycles. The molecule has 1 aliphatic rings. The van der Waals surface area contributed by atoms with Crippen LogP contribution in [0, 0.1) is 0 Å². The van der Waals surface area contributed by atoms with E-state index in [0.29, 0.717) is 24.6 Å². The van der Waals surface area contributed by atoms with Crippen molar-refractivity contribution < 1.29 is 14.3 Å². The quantitative estimate of drug-likeness (QED) is 0.781. The highest BCUT2D eigenvalue weighted by Crippen LogP contribution is 2.41. The topological polar surface area (TPSA) is 78.0 Å². The summed E-state index contributed by atoms with van der Waals surface area (Å²) in [5.41, 5.74) is 0.730. The number of nitrogens with zero attached hydrogens (tertiary/aromatic N) is 3. The number of hydrogen-bond donors (Lipinski definition) is 1. The fourth-order valence-electron chi connectivity index (χ4n) is 2.60. The van der Waals surface area contributed by atoms with Crippen molar-refractivity contribution >= 4 is 25.7 Å². The highest BCUT2D eigenvalue weighted by molar-refractivity contribution is 8.00. The maximum Gasteiger partial charge on any atom is 0.336 e. The summed E-state index contributed by atoms with van der Waals surface area (Å²) in [7, 11) is -1.99. The summed E-state index contributed by atoms with van der Waals surface area (Å²) in [5.74, 6) is 0.803. The number of ether oxygens (including phenoxy) is 1. The van der Waals surface area contributed by atoms with Gasteiger partial charge in [0.25, 0.3) is 0 Å². The highest BCUT2D eigenvalue weighted by atomic mass is 32.2. The molecule has 7 nitrogen and oxygen atoms in total. The first-order valence-electron chi connectivity index (χ1n) is 8.72. The third kappa shape index (κ3) is 3.38. The van der Waals surface area contributed by atoms with Crippen LogP contribution >= 0.6 is 11.8 Å². The summed E-state index contributed by atoms with van der Waals surface area (Å²) in [6.45, 7) is 11.6. The minimum absolute atomic E-state index is 0.0761. The van der Waals surface area contributed by atoms with Crippen LogP contribution in [0.5, 0.6) is 0 Å². The molecule has 0 amide bonds. The predicted octanol–water partition coefficient (Wildman–Crippen LogP) is 2.38. The SMILES string of the molecule is CC(C)(C)[Si](C)(C)OC[C@]1(n2ccc3nc(CO)cn3c2=O)OCCS1. The van der Waals surface area contributed by atoms with E-state index in [1.807, 2.05) is 0 Å². The lowest BCUT2D eigenvalue weighted by molar-refractivity contribution is -0.0456. The van der Waals surface area contributed by atoms with Gasteiger partial charge in [0.2, 0.25) is 5.06 Å². The molecule has 0 saturated carbocycles. The summed E-state index contributed by atoms with van der Waals surface area (Å²) in [4.78, 5) is 17.3. The average molecular weight is 398 g/mol. The zero-order valence-electron chi connectivity index (χ0n) is 16.0. The van der Waals surface area contributed by atoms with Crippen LogP contribution in [0.2, 0.25) is 18.1 Å². The highest BCUT2D eigenvalue weighted by Gasteiger charge is 2.44. The van der Waals surface area contributed by atoms with Gasteiger partial charge < -0.3 is 14.3 Å². The molecule has 2 aromatic rings. The van der Waals surface area contributed by atoms with Crippen molar-refractivity contribution in [1.29, 1.82) is 0 Å². The van der Waals surface area contributed by atoms with Crippen LogP contribution in [0.4, 0.5) is 0 Å². The molecule has 2 aromatic heterocycles. The molecule has 0 spiro atoms. The van der Waals surface area contributed by atoms with Crippen LogP contribution in [0.3, 0.4) is 0 Å². The summed E-state index contributed by atoms with van der Waals surface area (Å²) in [6.07, 6.45) is 3.27. The molecule has 9 heteroatoms. The van der Waals surface area contributed by atoms with Gasteiger partial charge in [0.05, 0.1) is 25.5 Å². The molecule has 0 aliphatic carbocycles. The van der Waals surface area contributed by atoms with Crippen LogP contribution in [-0.2, 0) is 20.8 Å². The standard InChI is InChI=1S/C17H27N3O4SSi/c1-16(2,3)26(4,5)24-12-17(23-8-9-25-17)20-7-6-14-18-13(11-21)10-19(14)15(20)22/h6-7,10,21H,8-9,11-12H2,1-5H3/t17-/m0/s1. The summed E-state index contributed by atoms with van der Waals surface area (Å²) in [6, 6.07) is 1.76. The van der Waals surface area contributed by atoms with Gasteiger partial charge in [-0.25, -0.2) is 9.78 Å². The lowest BCUT2D eigenvalue weighted by atomic mass is 10.2. The Bertz CT molecular complexity index is 850. The Morgan fingerprint density at radius 1 is 1.46 bits per heavy atom. The van der Waals surface area contributed by atoms with Crippen molar-refractivity contribution in [2.75, 3.05) is 19.0 Å². The lowest BCUT2D eigenvalue weighted by Crippen LogP contribution is -2.49. The minimum atomic E-state index is -1.99. The van der Waals surface area contributed by atoms with Gasteiger partial charge in [0.15, 0.2) is 8.32 Å². The van der Waals surface area contributed by atoms with E-state index in [1.54, 1.807) is 34.8 Å². The van der Waals surface area contributed by atoms with Gasteiger partial charge in [-0.1, -0.05) is 32.5 Å². The number of aromatic nitrogens is 3. The molecule has 0 unspecified atom stereocenters. The van der Waals surface area contributed by atoms with E-state index in [2.05, 4.69) is 38.8 Å². The van der Waals surface area contributed by atoms with Crippen LogP contribution < -0.4 is 5.69 Å². The Hall–Kier alpha value is -1.13. The van der Waals surface area contributed by atoms with Crippen molar-refractivity contribution in [2.45, 2.75) is 50.6 Å². The van der Waals surface area contributed by atoms with Crippen LogP contribution in [-0.4, -0.2) is 46.3 Å². The Labute approximate surface area is 158 Å². The zero-order valence-corrected chi connectivity index (χ0v) is 17.8. The van der Waals surface area contributed by atoms with E-state index < -0.39 is 13.4 Å². The Morgan fingerprint density at radius 2 is 2.19 bits per heavy atom. The van der Waals surface area contributed by atoms with E-state index in [9.17, 15) is 9.90 Å². The number of aliphatic hydroxyl groups is 1. The van der Waals surface area contributed by atoms with Crippen molar-refractivity contribution in [3.05, 3.63) is 34.6 Å². The molecule has 144 valence electrons. The van der Waals surface area contributed by atoms with Crippen LogP contribution in [0.15, 0.2) is 23.3 Å². The van der Waals surface area contributed by atoms with Crippen molar-refractivity contribution in [1.82, 2.24) is 14.0 Å². The van der Waals surface area contributed by atoms with Gasteiger partial charge in [-0.05, 0) is 24.2 Å². The van der Waals surface area contributed by atoms with Gasteiger partial charge in [-0.3, -0.25) is 8.97 Å². The number of thioether (sulfide) groups is 1. The Kier molecular flexibility index (Phi) is 5.13. The number of aliphatic hydroxyl groups excluding tert-OH is 1. The molecular formula is C17H27N3O4SSi.